The van der Waals surface area contributed by atoms with Crippen LogP contribution in [0.5, 0.6) is 0 Å². The van der Waals surface area contributed by atoms with Gasteiger partial charge in [0, 0.05) is 0 Å². The predicted octanol–water partition coefficient (Wildman–Crippen LogP) is 4.35. The zero-order chi connectivity index (χ0) is 15.1. The van der Waals surface area contributed by atoms with Gasteiger partial charge in [0.15, 0.2) is 0 Å². The van der Waals surface area contributed by atoms with Crippen molar-refractivity contribution in [1.29, 1.82) is 0 Å². The number of hydrogen-bond acceptors (Lipinski definition) is 3. The van der Waals surface area contributed by atoms with Gasteiger partial charge >= 0.3 is 5.97 Å². The number of nitrogens with two attached hydrogens (primary N) is 1. The summed E-state index contributed by atoms with van der Waals surface area (Å²) in [4.78, 5) is 11.1. The molecule has 0 aromatic heterocycles. The lowest BCUT2D eigenvalue weighted by atomic mass is 10.1. The van der Waals surface area contributed by atoms with Crippen molar-refractivity contribution >= 4 is 5.97 Å². The van der Waals surface area contributed by atoms with Crippen LogP contribution in [0.2, 0.25) is 0 Å². The van der Waals surface area contributed by atoms with E-state index in [-0.39, 0.29) is 5.97 Å². The summed E-state index contributed by atoms with van der Waals surface area (Å²) in [5.41, 5.74) is 5.67. The Kier molecular flexibility index (Phi) is 14.0. The first-order valence-electron chi connectivity index (χ1n) is 8.20. The van der Waals surface area contributed by atoms with Gasteiger partial charge in [-0.3, -0.25) is 4.79 Å². The van der Waals surface area contributed by atoms with E-state index in [9.17, 15) is 4.79 Å². The van der Waals surface area contributed by atoms with Gasteiger partial charge in [0.1, 0.15) is 6.04 Å². The average molecular weight is 283 g/mol. The molecule has 0 bridgehead atoms. The molecule has 1 unspecified atom stereocenters. The monoisotopic (exact) mass is 283 g/mol. The number of carbonyl (C=O) groups excluding carboxylic acids is 1. The highest BCUT2D eigenvalue weighted by molar-refractivity contribution is 5.75. The van der Waals surface area contributed by atoms with Crippen LogP contribution < -0.4 is 5.73 Å². The zero-order valence-corrected chi connectivity index (χ0v) is 13.4. The van der Waals surface area contributed by atoms with E-state index in [4.69, 9.17) is 5.73 Å². The van der Waals surface area contributed by atoms with E-state index < -0.39 is 6.04 Å². The fourth-order valence-electron chi connectivity index (χ4n) is 2.17. The molecule has 0 aliphatic rings. The van der Waals surface area contributed by atoms with Gasteiger partial charge in [-0.05, 0) is 32.1 Å². The highest BCUT2D eigenvalue weighted by atomic mass is 16.5. The number of unbranched alkanes of at least 4 members (excludes halogenated alkanes) is 8. The highest BCUT2D eigenvalue weighted by Gasteiger charge is 2.12. The largest absolute Gasteiger partial charge is 0.468 e. The summed E-state index contributed by atoms with van der Waals surface area (Å²) < 4.78 is 4.60. The van der Waals surface area contributed by atoms with Crippen molar-refractivity contribution in [3.05, 3.63) is 12.2 Å². The zero-order valence-electron chi connectivity index (χ0n) is 13.4. The second kappa shape index (κ2) is 14.6. The number of esters is 1. The molecule has 20 heavy (non-hydrogen) atoms. The summed E-state index contributed by atoms with van der Waals surface area (Å²) in [7, 11) is 1.39. The maximum Gasteiger partial charge on any atom is 0.322 e. The quantitative estimate of drug-likeness (QED) is 0.310. The fraction of sp³-hybridized carbons (Fsp3) is 0.824. The Morgan fingerprint density at radius 2 is 1.55 bits per heavy atom. The Balaban J connectivity index is 3.24. The topological polar surface area (TPSA) is 52.3 Å². The van der Waals surface area contributed by atoms with Crippen LogP contribution in [0.1, 0.15) is 77.6 Å². The molecule has 0 heterocycles. The highest BCUT2D eigenvalue weighted by Crippen LogP contribution is 2.09. The second-order valence-corrected chi connectivity index (χ2v) is 5.44. The Morgan fingerprint density at radius 1 is 1.00 bits per heavy atom. The lowest BCUT2D eigenvalue weighted by Gasteiger charge is -2.08. The Morgan fingerprint density at radius 3 is 2.10 bits per heavy atom. The van der Waals surface area contributed by atoms with Gasteiger partial charge in [-0.15, -0.1) is 0 Å². The molecule has 0 aliphatic heterocycles. The van der Waals surface area contributed by atoms with Gasteiger partial charge < -0.3 is 10.5 Å². The molecular weight excluding hydrogens is 250 g/mol. The van der Waals surface area contributed by atoms with Gasteiger partial charge in [-0.25, -0.2) is 0 Å². The number of carbonyl (C=O) groups is 1. The third-order valence-electron chi connectivity index (χ3n) is 3.53. The summed E-state index contributed by atoms with van der Waals surface area (Å²) in [6.45, 7) is 2.24. The third-order valence-corrected chi connectivity index (χ3v) is 3.53. The molecule has 0 saturated heterocycles. The summed E-state index contributed by atoms with van der Waals surface area (Å²) in [6.07, 6.45) is 17.8. The minimum absolute atomic E-state index is 0.295. The molecule has 0 radical (unpaired) electrons. The first-order valence-corrected chi connectivity index (χ1v) is 8.20. The summed E-state index contributed by atoms with van der Waals surface area (Å²) in [5.74, 6) is -0.295. The number of ether oxygens (including phenoxy) is 1. The van der Waals surface area contributed by atoms with Crippen LogP contribution in [0.15, 0.2) is 12.2 Å². The molecular formula is C17H33NO2. The smallest absolute Gasteiger partial charge is 0.322 e. The van der Waals surface area contributed by atoms with Crippen molar-refractivity contribution in [2.24, 2.45) is 5.73 Å². The number of hydrogen-bond donors (Lipinski definition) is 1. The molecule has 1 atom stereocenters. The van der Waals surface area contributed by atoms with Crippen LogP contribution >= 0.6 is 0 Å². The van der Waals surface area contributed by atoms with E-state index >= 15 is 0 Å². The van der Waals surface area contributed by atoms with Crippen molar-refractivity contribution in [1.82, 2.24) is 0 Å². The van der Waals surface area contributed by atoms with E-state index in [2.05, 4.69) is 23.8 Å². The van der Waals surface area contributed by atoms with Gasteiger partial charge in [-0.1, -0.05) is 57.6 Å². The molecule has 0 aliphatic carbocycles. The van der Waals surface area contributed by atoms with E-state index in [1.165, 1.54) is 58.5 Å². The molecule has 0 fully saturated rings. The molecule has 2 N–H and O–H groups in total. The van der Waals surface area contributed by atoms with Crippen LogP contribution in [0.3, 0.4) is 0 Å². The van der Waals surface area contributed by atoms with Crippen LogP contribution in [0.4, 0.5) is 0 Å². The van der Waals surface area contributed by atoms with E-state index in [1.54, 1.807) is 0 Å². The third kappa shape index (κ3) is 12.2. The summed E-state index contributed by atoms with van der Waals surface area (Å²) in [6, 6.07) is -0.442. The maximum atomic E-state index is 11.1. The Hall–Kier alpha value is -0.830. The van der Waals surface area contributed by atoms with E-state index in [1.807, 2.05) is 0 Å². The van der Waals surface area contributed by atoms with Crippen LogP contribution in [-0.2, 0) is 9.53 Å². The molecule has 0 aromatic rings. The number of methoxy groups -OCH3 is 1. The van der Waals surface area contributed by atoms with Crippen molar-refractivity contribution in [2.45, 2.75) is 83.6 Å². The molecule has 3 heteroatoms. The Bertz CT molecular complexity index is 251. The predicted molar refractivity (Wildman–Crippen MR) is 85.6 cm³/mol. The lowest BCUT2D eigenvalue weighted by Crippen LogP contribution is -2.31. The Labute approximate surface area is 125 Å². The standard InChI is InChI=1S/C17H33NO2/c1-3-4-5-6-7-8-9-10-11-12-13-14-15-16(18)17(19)20-2/h8-9,16H,3-7,10-15,18H2,1-2H3. The molecule has 118 valence electrons. The van der Waals surface area contributed by atoms with E-state index in [0.29, 0.717) is 0 Å². The number of allylic oxidation sites excluding steroid dienone is 2. The van der Waals surface area contributed by atoms with Gasteiger partial charge in [0.2, 0.25) is 0 Å². The molecule has 0 saturated carbocycles. The van der Waals surface area contributed by atoms with Gasteiger partial charge in [-0.2, -0.15) is 0 Å². The van der Waals surface area contributed by atoms with Crippen LogP contribution in [-0.4, -0.2) is 19.1 Å². The normalized spacial score (nSPS) is 12.8. The average Bonchev–Trinajstić information content (AvgIpc) is 2.47. The van der Waals surface area contributed by atoms with E-state index in [0.717, 1.165) is 19.3 Å². The molecule has 0 rings (SSSR count). The minimum atomic E-state index is -0.442. The second-order valence-electron chi connectivity index (χ2n) is 5.44. The van der Waals surface area contributed by atoms with Crippen LogP contribution in [0, 0.1) is 0 Å². The maximum absolute atomic E-state index is 11.1. The van der Waals surface area contributed by atoms with Crippen molar-refractivity contribution < 1.29 is 9.53 Å². The molecule has 0 aromatic carbocycles. The van der Waals surface area contributed by atoms with Gasteiger partial charge in [0.25, 0.3) is 0 Å². The molecule has 0 amide bonds. The lowest BCUT2D eigenvalue weighted by molar-refractivity contribution is -0.142. The van der Waals surface area contributed by atoms with Crippen molar-refractivity contribution in [2.75, 3.05) is 7.11 Å². The van der Waals surface area contributed by atoms with Gasteiger partial charge in [0.05, 0.1) is 7.11 Å². The molecule has 0 spiro atoms. The first-order chi connectivity index (χ1) is 9.72. The summed E-state index contributed by atoms with van der Waals surface area (Å²) in [5, 5.41) is 0. The molecule has 3 nitrogen and oxygen atoms in total. The van der Waals surface area contributed by atoms with Crippen LogP contribution in [0.25, 0.3) is 0 Å². The van der Waals surface area contributed by atoms with Crippen molar-refractivity contribution in [3.63, 3.8) is 0 Å². The SMILES string of the molecule is CCCCCCC=CCCCCCCC(N)C(=O)OC. The fourth-order valence-corrected chi connectivity index (χ4v) is 2.17. The first kappa shape index (κ1) is 19.2. The number of rotatable bonds is 13. The minimum Gasteiger partial charge on any atom is -0.468 e. The summed E-state index contributed by atoms with van der Waals surface area (Å²) >= 11 is 0. The van der Waals surface area contributed by atoms with Crippen molar-refractivity contribution in [3.8, 4) is 0 Å².